The SMILES string of the molecule is N#Cc1ccccc1Oc1cccc(F)n1. The molecule has 0 radical (unpaired) electrons. The Morgan fingerprint density at radius 1 is 1.12 bits per heavy atom. The van der Waals surface area contributed by atoms with Crippen molar-refractivity contribution in [3.63, 3.8) is 0 Å². The van der Waals surface area contributed by atoms with Gasteiger partial charge in [-0.1, -0.05) is 18.2 Å². The maximum atomic E-state index is 12.8. The minimum Gasteiger partial charge on any atom is -0.438 e. The summed E-state index contributed by atoms with van der Waals surface area (Å²) in [4.78, 5) is 3.55. The number of para-hydroxylation sites is 1. The van der Waals surface area contributed by atoms with E-state index in [1.165, 1.54) is 18.2 Å². The Balaban J connectivity index is 2.31. The van der Waals surface area contributed by atoms with Gasteiger partial charge in [-0.2, -0.15) is 14.6 Å². The van der Waals surface area contributed by atoms with E-state index in [1.54, 1.807) is 24.3 Å². The van der Waals surface area contributed by atoms with Crippen LogP contribution in [0.25, 0.3) is 0 Å². The van der Waals surface area contributed by atoms with Crippen LogP contribution in [0.4, 0.5) is 4.39 Å². The van der Waals surface area contributed by atoms with Crippen LogP contribution in [-0.4, -0.2) is 4.98 Å². The molecule has 1 heterocycles. The van der Waals surface area contributed by atoms with E-state index in [1.807, 2.05) is 6.07 Å². The summed E-state index contributed by atoms with van der Waals surface area (Å²) in [6, 6.07) is 12.9. The van der Waals surface area contributed by atoms with Crippen molar-refractivity contribution in [3.05, 3.63) is 54.0 Å². The first kappa shape index (κ1) is 10.1. The molecule has 0 spiro atoms. The number of nitriles is 1. The molecule has 16 heavy (non-hydrogen) atoms. The number of hydrogen-bond acceptors (Lipinski definition) is 3. The number of aromatic nitrogens is 1. The molecular weight excluding hydrogens is 207 g/mol. The third-order valence-electron chi connectivity index (χ3n) is 1.91. The summed E-state index contributed by atoms with van der Waals surface area (Å²) in [6.07, 6.45) is 0. The van der Waals surface area contributed by atoms with E-state index in [-0.39, 0.29) is 5.88 Å². The number of halogens is 1. The fraction of sp³-hybridized carbons (Fsp3) is 0. The maximum Gasteiger partial charge on any atom is 0.221 e. The molecule has 0 bridgehead atoms. The van der Waals surface area contributed by atoms with Gasteiger partial charge in [0.05, 0.1) is 5.56 Å². The van der Waals surface area contributed by atoms with Crippen molar-refractivity contribution < 1.29 is 9.13 Å². The van der Waals surface area contributed by atoms with Crippen LogP contribution in [0, 0.1) is 17.3 Å². The second kappa shape index (κ2) is 4.41. The lowest BCUT2D eigenvalue weighted by Crippen LogP contribution is -1.91. The fourth-order valence-corrected chi connectivity index (χ4v) is 1.21. The predicted molar refractivity (Wildman–Crippen MR) is 55.4 cm³/mol. The number of hydrogen-bond donors (Lipinski definition) is 0. The average Bonchev–Trinajstić information content (AvgIpc) is 2.30. The Kier molecular flexibility index (Phi) is 2.79. The van der Waals surface area contributed by atoms with E-state index in [4.69, 9.17) is 10.00 Å². The molecule has 2 aromatic rings. The predicted octanol–water partition coefficient (Wildman–Crippen LogP) is 2.88. The average molecular weight is 214 g/mol. The number of rotatable bonds is 2. The van der Waals surface area contributed by atoms with E-state index in [2.05, 4.69) is 4.98 Å². The van der Waals surface area contributed by atoms with Crippen molar-refractivity contribution in [3.8, 4) is 17.7 Å². The molecule has 0 N–H and O–H groups in total. The summed E-state index contributed by atoms with van der Waals surface area (Å²) in [6.45, 7) is 0. The van der Waals surface area contributed by atoms with Gasteiger partial charge in [0.1, 0.15) is 11.8 Å². The number of ether oxygens (including phenoxy) is 1. The Hall–Kier alpha value is -2.41. The summed E-state index contributed by atoms with van der Waals surface area (Å²) < 4.78 is 18.1. The summed E-state index contributed by atoms with van der Waals surface area (Å²) in [7, 11) is 0. The van der Waals surface area contributed by atoms with Gasteiger partial charge in [-0.15, -0.1) is 0 Å². The van der Waals surface area contributed by atoms with Gasteiger partial charge in [0.25, 0.3) is 0 Å². The van der Waals surface area contributed by atoms with E-state index in [0.717, 1.165) is 0 Å². The van der Waals surface area contributed by atoms with Crippen LogP contribution in [0.15, 0.2) is 42.5 Å². The zero-order chi connectivity index (χ0) is 11.4. The molecule has 0 aliphatic rings. The zero-order valence-corrected chi connectivity index (χ0v) is 8.22. The molecule has 0 unspecified atom stereocenters. The highest BCUT2D eigenvalue weighted by Crippen LogP contribution is 2.22. The minimum atomic E-state index is -0.619. The Labute approximate surface area is 91.7 Å². The number of pyridine rings is 1. The fourth-order valence-electron chi connectivity index (χ4n) is 1.21. The first-order valence-corrected chi connectivity index (χ1v) is 4.59. The molecule has 0 aliphatic carbocycles. The second-order valence-corrected chi connectivity index (χ2v) is 3.01. The normalized spacial score (nSPS) is 9.50. The van der Waals surface area contributed by atoms with Crippen LogP contribution in [-0.2, 0) is 0 Å². The Bertz CT molecular complexity index is 549. The topological polar surface area (TPSA) is 45.9 Å². The summed E-state index contributed by atoms with van der Waals surface area (Å²) >= 11 is 0. The third kappa shape index (κ3) is 2.15. The molecule has 1 aromatic carbocycles. The Morgan fingerprint density at radius 3 is 2.69 bits per heavy atom. The summed E-state index contributed by atoms with van der Waals surface area (Å²) in [5.41, 5.74) is 0.383. The van der Waals surface area contributed by atoms with Gasteiger partial charge in [-0.3, -0.25) is 0 Å². The quantitative estimate of drug-likeness (QED) is 0.722. The molecule has 0 atom stereocenters. The van der Waals surface area contributed by atoms with Gasteiger partial charge in [-0.25, -0.2) is 0 Å². The van der Waals surface area contributed by atoms with Crippen LogP contribution in [0.1, 0.15) is 5.56 Å². The van der Waals surface area contributed by atoms with Gasteiger partial charge >= 0.3 is 0 Å². The smallest absolute Gasteiger partial charge is 0.221 e. The first-order chi connectivity index (χ1) is 7.79. The second-order valence-electron chi connectivity index (χ2n) is 3.01. The highest BCUT2D eigenvalue weighted by molar-refractivity contribution is 5.44. The molecule has 78 valence electrons. The van der Waals surface area contributed by atoms with Gasteiger partial charge in [-0.05, 0) is 18.2 Å². The highest BCUT2D eigenvalue weighted by Gasteiger charge is 2.04. The van der Waals surface area contributed by atoms with Crippen molar-refractivity contribution in [2.45, 2.75) is 0 Å². The van der Waals surface area contributed by atoms with Crippen LogP contribution in [0.5, 0.6) is 11.6 Å². The molecule has 2 rings (SSSR count). The standard InChI is InChI=1S/C12H7FN2O/c13-11-6-3-7-12(15-11)16-10-5-2-1-4-9(10)8-14/h1-7H. The van der Waals surface area contributed by atoms with Crippen LogP contribution in [0.3, 0.4) is 0 Å². The number of nitrogens with zero attached hydrogens (tertiary/aromatic N) is 2. The largest absolute Gasteiger partial charge is 0.438 e. The van der Waals surface area contributed by atoms with Gasteiger partial charge < -0.3 is 4.74 Å². The third-order valence-corrected chi connectivity index (χ3v) is 1.91. The summed E-state index contributed by atoms with van der Waals surface area (Å²) in [5, 5.41) is 8.83. The van der Waals surface area contributed by atoms with Gasteiger partial charge in [0.2, 0.25) is 11.8 Å². The molecule has 3 nitrogen and oxygen atoms in total. The lowest BCUT2D eigenvalue weighted by molar-refractivity contribution is 0.444. The van der Waals surface area contributed by atoms with E-state index >= 15 is 0 Å². The molecule has 1 aromatic heterocycles. The van der Waals surface area contributed by atoms with E-state index in [0.29, 0.717) is 11.3 Å². The Morgan fingerprint density at radius 2 is 1.94 bits per heavy atom. The maximum absolute atomic E-state index is 12.8. The monoisotopic (exact) mass is 214 g/mol. The van der Waals surface area contributed by atoms with Gasteiger partial charge in [0, 0.05) is 6.07 Å². The molecule has 0 aliphatic heterocycles. The highest BCUT2D eigenvalue weighted by atomic mass is 19.1. The van der Waals surface area contributed by atoms with Crippen molar-refractivity contribution in [2.24, 2.45) is 0 Å². The molecular formula is C12H7FN2O. The van der Waals surface area contributed by atoms with E-state index in [9.17, 15) is 4.39 Å². The van der Waals surface area contributed by atoms with Crippen LogP contribution < -0.4 is 4.74 Å². The van der Waals surface area contributed by atoms with Crippen LogP contribution in [0.2, 0.25) is 0 Å². The van der Waals surface area contributed by atoms with Crippen molar-refractivity contribution in [1.29, 1.82) is 5.26 Å². The van der Waals surface area contributed by atoms with E-state index < -0.39 is 5.95 Å². The molecule has 0 saturated carbocycles. The lowest BCUT2D eigenvalue weighted by Gasteiger charge is -2.05. The molecule has 0 amide bonds. The zero-order valence-electron chi connectivity index (χ0n) is 8.22. The van der Waals surface area contributed by atoms with Crippen molar-refractivity contribution in [2.75, 3.05) is 0 Å². The van der Waals surface area contributed by atoms with Crippen LogP contribution >= 0.6 is 0 Å². The van der Waals surface area contributed by atoms with Crippen molar-refractivity contribution in [1.82, 2.24) is 4.98 Å². The molecule has 4 heteroatoms. The first-order valence-electron chi connectivity index (χ1n) is 4.59. The van der Waals surface area contributed by atoms with Crippen molar-refractivity contribution >= 4 is 0 Å². The minimum absolute atomic E-state index is 0.128. The van der Waals surface area contributed by atoms with Gasteiger partial charge in [0.15, 0.2) is 0 Å². The molecule has 0 saturated heterocycles. The lowest BCUT2D eigenvalue weighted by atomic mass is 10.2. The molecule has 0 fully saturated rings. The summed E-state index contributed by atoms with van der Waals surface area (Å²) in [5.74, 6) is -0.127. The number of benzene rings is 1.